The zero-order valence-corrected chi connectivity index (χ0v) is 16.3. The third kappa shape index (κ3) is 4.25. The highest BCUT2D eigenvalue weighted by Gasteiger charge is 2.38. The van der Waals surface area contributed by atoms with E-state index in [-0.39, 0.29) is 11.8 Å². The number of rotatable bonds is 7. The minimum Gasteiger partial charge on any atom is -0.493 e. The number of amides is 2. The van der Waals surface area contributed by atoms with Gasteiger partial charge in [-0.2, -0.15) is 0 Å². The van der Waals surface area contributed by atoms with Gasteiger partial charge in [0.25, 0.3) is 5.91 Å². The van der Waals surface area contributed by atoms with E-state index in [1.165, 1.54) is 6.92 Å². The highest BCUT2D eigenvalue weighted by Crippen LogP contribution is 2.39. The van der Waals surface area contributed by atoms with Gasteiger partial charge in [-0.25, -0.2) is 0 Å². The molecule has 5 nitrogen and oxygen atoms in total. The second kappa shape index (κ2) is 8.44. The van der Waals surface area contributed by atoms with E-state index in [0.717, 1.165) is 29.8 Å². The van der Waals surface area contributed by atoms with Crippen molar-refractivity contribution in [2.75, 3.05) is 11.5 Å². The lowest BCUT2D eigenvalue weighted by Gasteiger charge is -2.20. The Kier molecular flexibility index (Phi) is 6.01. The van der Waals surface area contributed by atoms with Crippen molar-refractivity contribution in [3.63, 3.8) is 0 Å². The van der Waals surface area contributed by atoms with Gasteiger partial charge in [0, 0.05) is 28.8 Å². The number of benzene rings is 2. The molecule has 0 aliphatic carbocycles. The number of halogens is 1. The van der Waals surface area contributed by atoms with Crippen molar-refractivity contribution in [1.29, 1.82) is 0 Å². The van der Waals surface area contributed by atoms with Gasteiger partial charge in [-0.3, -0.25) is 9.59 Å². The van der Waals surface area contributed by atoms with Crippen LogP contribution in [-0.4, -0.2) is 18.4 Å². The molecule has 27 heavy (non-hydrogen) atoms. The Morgan fingerprint density at radius 2 is 2.04 bits per heavy atom. The maximum atomic E-state index is 13.0. The molecule has 3 rings (SSSR count). The molecule has 2 aromatic rings. The Hall–Kier alpha value is -2.53. The number of anilines is 1. The summed E-state index contributed by atoms with van der Waals surface area (Å²) >= 11 is 6.11. The summed E-state index contributed by atoms with van der Waals surface area (Å²) in [6, 6.07) is 12.3. The molecule has 6 heteroatoms. The standard InChI is InChI=1S/C21H23ClN2O3/c1-3-4-11-27-19-8-6-5-7-15(19)13-24-18-10-9-16(22)12-17(18)20(21(24)26)23-14(2)25/h5-10,12,20H,3-4,11,13H2,1-2H3,(H,23,25). The second-order valence-electron chi connectivity index (χ2n) is 6.57. The number of hydrogen-bond acceptors (Lipinski definition) is 3. The molecule has 0 radical (unpaired) electrons. The maximum Gasteiger partial charge on any atom is 0.254 e. The first kappa shape index (κ1) is 19.2. The molecule has 0 spiro atoms. The summed E-state index contributed by atoms with van der Waals surface area (Å²) < 4.78 is 5.89. The third-order valence-corrected chi connectivity index (χ3v) is 4.74. The van der Waals surface area contributed by atoms with Gasteiger partial charge in [-0.1, -0.05) is 43.1 Å². The number of nitrogens with one attached hydrogen (secondary N) is 1. The van der Waals surface area contributed by atoms with E-state index in [0.29, 0.717) is 23.7 Å². The fourth-order valence-corrected chi connectivity index (χ4v) is 3.37. The van der Waals surface area contributed by atoms with Gasteiger partial charge < -0.3 is 15.0 Å². The summed E-state index contributed by atoms with van der Waals surface area (Å²) in [4.78, 5) is 26.3. The Bertz CT molecular complexity index is 853. The minimum atomic E-state index is -0.718. The number of hydrogen-bond donors (Lipinski definition) is 1. The normalized spacial score (nSPS) is 15.6. The van der Waals surface area contributed by atoms with Crippen LogP contribution in [0.4, 0.5) is 5.69 Å². The first-order valence-corrected chi connectivity index (χ1v) is 9.47. The van der Waals surface area contributed by atoms with Crippen LogP contribution in [0.1, 0.15) is 43.9 Å². The number of unbranched alkanes of at least 4 members (excludes halogenated alkanes) is 1. The molecule has 2 amide bonds. The largest absolute Gasteiger partial charge is 0.493 e. The van der Waals surface area contributed by atoms with Crippen molar-refractivity contribution in [3.05, 3.63) is 58.6 Å². The number of nitrogens with zero attached hydrogens (tertiary/aromatic N) is 1. The van der Waals surface area contributed by atoms with Crippen molar-refractivity contribution in [3.8, 4) is 5.75 Å². The first-order valence-electron chi connectivity index (χ1n) is 9.10. The predicted octanol–water partition coefficient (Wildman–Crippen LogP) is 4.24. The molecule has 0 fully saturated rings. The van der Waals surface area contributed by atoms with Gasteiger partial charge in [-0.15, -0.1) is 0 Å². The number of ether oxygens (including phenoxy) is 1. The van der Waals surface area contributed by atoms with E-state index in [1.54, 1.807) is 17.0 Å². The molecule has 0 aromatic heterocycles. The molecule has 0 saturated carbocycles. The lowest BCUT2D eigenvalue weighted by molar-refractivity contribution is -0.126. The lowest BCUT2D eigenvalue weighted by Crippen LogP contribution is -2.36. The number of carbonyl (C=O) groups excluding carboxylic acids is 2. The topological polar surface area (TPSA) is 58.6 Å². The van der Waals surface area contributed by atoms with Gasteiger partial charge in [0.15, 0.2) is 0 Å². The Labute approximate surface area is 164 Å². The van der Waals surface area contributed by atoms with Crippen LogP contribution in [0.25, 0.3) is 0 Å². The molecule has 1 N–H and O–H groups in total. The Balaban J connectivity index is 1.90. The van der Waals surface area contributed by atoms with E-state index in [4.69, 9.17) is 16.3 Å². The van der Waals surface area contributed by atoms with Crippen molar-refractivity contribution < 1.29 is 14.3 Å². The van der Waals surface area contributed by atoms with Crippen LogP contribution in [0, 0.1) is 0 Å². The number of para-hydroxylation sites is 1. The number of fused-ring (bicyclic) bond motifs is 1. The van der Waals surface area contributed by atoms with Crippen LogP contribution >= 0.6 is 11.6 Å². The average Bonchev–Trinajstić information content (AvgIpc) is 2.88. The zero-order chi connectivity index (χ0) is 19.4. The third-order valence-electron chi connectivity index (χ3n) is 4.51. The molecule has 0 saturated heterocycles. The summed E-state index contributed by atoms with van der Waals surface area (Å²) in [5.74, 6) is 0.340. The minimum absolute atomic E-state index is 0.175. The average molecular weight is 387 g/mol. The van der Waals surface area contributed by atoms with E-state index in [1.807, 2.05) is 30.3 Å². The summed E-state index contributed by atoms with van der Waals surface area (Å²) in [6.45, 7) is 4.52. The van der Waals surface area contributed by atoms with Gasteiger partial charge in [0.1, 0.15) is 11.8 Å². The van der Waals surface area contributed by atoms with Crippen molar-refractivity contribution >= 4 is 29.1 Å². The predicted molar refractivity (Wildman–Crippen MR) is 106 cm³/mol. The summed E-state index contributed by atoms with van der Waals surface area (Å²) in [6.07, 6.45) is 2.03. The Morgan fingerprint density at radius 1 is 1.26 bits per heavy atom. The molecule has 1 heterocycles. The molecule has 1 atom stereocenters. The molecule has 142 valence electrons. The van der Waals surface area contributed by atoms with E-state index < -0.39 is 6.04 Å². The van der Waals surface area contributed by atoms with Crippen LogP contribution in [0.5, 0.6) is 5.75 Å². The summed E-state index contributed by atoms with van der Waals surface area (Å²) in [5.41, 5.74) is 2.39. The Morgan fingerprint density at radius 3 is 2.78 bits per heavy atom. The van der Waals surface area contributed by atoms with Crippen molar-refractivity contribution in [1.82, 2.24) is 5.32 Å². The highest BCUT2D eigenvalue weighted by atomic mass is 35.5. The monoisotopic (exact) mass is 386 g/mol. The first-order chi connectivity index (χ1) is 13.0. The van der Waals surface area contributed by atoms with Crippen molar-refractivity contribution in [2.24, 2.45) is 0 Å². The van der Waals surface area contributed by atoms with Crippen LogP contribution in [0.2, 0.25) is 5.02 Å². The van der Waals surface area contributed by atoms with Crippen LogP contribution in [0.3, 0.4) is 0 Å². The maximum absolute atomic E-state index is 13.0. The van der Waals surface area contributed by atoms with Gasteiger partial charge in [-0.05, 0) is 30.7 Å². The van der Waals surface area contributed by atoms with E-state index >= 15 is 0 Å². The molecule has 1 aliphatic heterocycles. The fraction of sp³-hybridized carbons (Fsp3) is 0.333. The van der Waals surface area contributed by atoms with Gasteiger partial charge >= 0.3 is 0 Å². The van der Waals surface area contributed by atoms with E-state index in [2.05, 4.69) is 12.2 Å². The summed E-state index contributed by atoms with van der Waals surface area (Å²) in [7, 11) is 0. The van der Waals surface area contributed by atoms with Gasteiger partial charge in [0.05, 0.1) is 13.2 Å². The van der Waals surface area contributed by atoms with Crippen LogP contribution in [0.15, 0.2) is 42.5 Å². The van der Waals surface area contributed by atoms with Crippen LogP contribution < -0.4 is 15.0 Å². The quantitative estimate of drug-likeness (QED) is 0.724. The highest BCUT2D eigenvalue weighted by molar-refractivity contribution is 6.31. The molecule has 0 bridgehead atoms. The second-order valence-corrected chi connectivity index (χ2v) is 7.01. The smallest absolute Gasteiger partial charge is 0.254 e. The zero-order valence-electron chi connectivity index (χ0n) is 15.5. The van der Waals surface area contributed by atoms with E-state index in [9.17, 15) is 9.59 Å². The van der Waals surface area contributed by atoms with Crippen LogP contribution in [-0.2, 0) is 16.1 Å². The SMILES string of the molecule is CCCCOc1ccccc1CN1C(=O)C(NC(C)=O)c2cc(Cl)ccc21. The van der Waals surface area contributed by atoms with Crippen molar-refractivity contribution in [2.45, 2.75) is 39.3 Å². The number of carbonyl (C=O) groups is 2. The summed E-state index contributed by atoms with van der Waals surface area (Å²) in [5, 5.41) is 3.26. The molecule has 1 unspecified atom stereocenters. The van der Waals surface area contributed by atoms with Gasteiger partial charge in [0.2, 0.25) is 5.91 Å². The molecular weight excluding hydrogens is 364 g/mol. The molecular formula is C21H23ClN2O3. The lowest BCUT2D eigenvalue weighted by atomic mass is 10.1. The molecule has 2 aromatic carbocycles. The fourth-order valence-electron chi connectivity index (χ4n) is 3.19. The molecule has 1 aliphatic rings.